The highest BCUT2D eigenvalue weighted by molar-refractivity contribution is 5.90. The summed E-state index contributed by atoms with van der Waals surface area (Å²) >= 11 is 0. The minimum Gasteiger partial charge on any atom is -0.448 e. The molecule has 0 fully saturated rings. The first kappa shape index (κ1) is 16.1. The minimum atomic E-state index is -0.852. The van der Waals surface area contributed by atoms with Gasteiger partial charge in [0.25, 0.3) is 5.91 Å². The van der Waals surface area contributed by atoms with Gasteiger partial charge in [0.05, 0.1) is 6.20 Å². The second-order valence-corrected chi connectivity index (χ2v) is 5.29. The second kappa shape index (κ2) is 8.26. The van der Waals surface area contributed by atoms with E-state index in [0.717, 1.165) is 19.3 Å². The van der Waals surface area contributed by atoms with E-state index >= 15 is 0 Å². The molecule has 1 amide bonds. The van der Waals surface area contributed by atoms with Gasteiger partial charge in [-0.1, -0.05) is 11.6 Å². The van der Waals surface area contributed by atoms with Crippen molar-refractivity contribution in [2.45, 2.75) is 45.1 Å². The zero-order chi connectivity index (χ0) is 15.8. The molecule has 0 aromatic carbocycles. The first-order valence-corrected chi connectivity index (χ1v) is 7.59. The fourth-order valence-electron chi connectivity index (χ4n) is 2.30. The van der Waals surface area contributed by atoms with E-state index in [2.05, 4.69) is 21.4 Å². The third kappa shape index (κ3) is 4.95. The number of nitrogens with zero attached hydrogens (tertiary/aromatic N) is 2. The molecule has 0 saturated heterocycles. The highest BCUT2D eigenvalue weighted by atomic mass is 16.5. The molecule has 1 aromatic heterocycles. The molecule has 1 aliphatic rings. The Labute approximate surface area is 130 Å². The number of allylic oxidation sites excluding steroid dienone is 1. The lowest BCUT2D eigenvalue weighted by atomic mass is 9.97. The fourth-order valence-corrected chi connectivity index (χ4v) is 2.30. The zero-order valence-electron chi connectivity index (χ0n) is 12.7. The molecule has 1 aliphatic carbocycles. The Morgan fingerprint density at radius 3 is 2.91 bits per heavy atom. The van der Waals surface area contributed by atoms with E-state index in [1.165, 1.54) is 37.0 Å². The summed E-state index contributed by atoms with van der Waals surface area (Å²) in [5, 5.41) is 2.79. The maximum Gasteiger partial charge on any atom is 0.359 e. The van der Waals surface area contributed by atoms with Crippen molar-refractivity contribution in [1.82, 2.24) is 15.3 Å². The van der Waals surface area contributed by atoms with Crippen molar-refractivity contribution >= 4 is 11.9 Å². The topological polar surface area (TPSA) is 81.2 Å². The van der Waals surface area contributed by atoms with E-state index < -0.39 is 12.1 Å². The number of aromatic nitrogens is 2. The number of nitrogens with one attached hydrogen (secondary N) is 1. The SMILES string of the molecule is CC(OC(=O)c1cnccn1)C(=O)NCCC1=CCCCC1. The van der Waals surface area contributed by atoms with Gasteiger partial charge in [0.1, 0.15) is 0 Å². The summed E-state index contributed by atoms with van der Waals surface area (Å²) in [6.45, 7) is 2.11. The van der Waals surface area contributed by atoms with Crippen molar-refractivity contribution in [3.63, 3.8) is 0 Å². The van der Waals surface area contributed by atoms with E-state index in [1.54, 1.807) is 6.92 Å². The first-order chi connectivity index (χ1) is 10.7. The number of rotatable bonds is 6. The van der Waals surface area contributed by atoms with Gasteiger partial charge in [-0.2, -0.15) is 0 Å². The molecule has 1 N–H and O–H groups in total. The van der Waals surface area contributed by atoms with Gasteiger partial charge in [-0.25, -0.2) is 9.78 Å². The molecular formula is C16H21N3O3. The predicted octanol–water partition coefficient (Wildman–Crippen LogP) is 2.03. The van der Waals surface area contributed by atoms with E-state index in [4.69, 9.17) is 4.74 Å². The molecule has 1 unspecified atom stereocenters. The van der Waals surface area contributed by atoms with E-state index in [-0.39, 0.29) is 11.6 Å². The predicted molar refractivity (Wildman–Crippen MR) is 81.1 cm³/mol. The van der Waals surface area contributed by atoms with Gasteiger partial charge in [0.2, 0.25) is 0 Å². The summed E-state index contributed by atoms with van der Waals surface area (Å²) in [5.74, 6) is -0.945. The number of carbonyl (C=O) groups is 2. The van der Waals surface area contributed by atoms with Crippen LogP contribution in [0.2, 0.25) is 0 Å². The quantitative estimate of drug-likeness (QED) is 0.642. The third-order valence-corrected chi connectivity index (χ3v) is 3.56. The molecule has 2 rings (SSSR count). The second-order valence-electron chi connectivity index (χ2n) is 5.29. The summed E-state index contributed by atoms with van der Waals surface area (Å²) in [6, 6.07) is 0. The van der Waals surface area contributed by atoms with Crippen LogP contribution in [-0.4, -0.2) is 34.5 Å². The minimum absolute atomic E-state index is 0.0921. The molecule has 1 atom stereocenters. The standard InChI is InChI=1S/C16H21N3O3/c1-12(22-16(21)14-11-17-9-10-18-14)15(20)19-8-7-13-5-3-2-4-6-13/h5,9-12H,2-4,6-8H2,1H3,(H,19,20). The molecule has 0 aliphatic heterocycles. The molecular weight excluding hydrogens is 282 g/mol. The summed E-state index contributed by atoms with van der Waals surface area (Å²) in [6.07, 6.45) is 11.2. The Kier molecular flexibility index (Phi) is 6.06. The number of hydrogen-bond acceptors (Lipinski definition) is 5. The van der Waals surface area contributed by atoms with Gasteiger partial charge in [0, 0.05) is 18.9 Å². The van der Waals surface area contributed by atoms with Crippen molar-refractivity contribution in [2.75, 3.05) is 6.54 Å². The van der Waals surface area contributed by atoms with Gasteiger partial charge in [0.15, 0.2) is 11.8 Å². The van der Waals surface area contributed by atoms with Crippen LogP contribution in [0.4, 0.5) is 0 Å². The Balaban J connectivity index is 1.72. The molecule has 6 heteroatoms. The highest BCUT2D eigenvalue weighted by Crippen LogP contribution is 2.19. The van der Waals surface area contributed by atoms with Crippen LogP contribution < -0.4 is 5.32 Å². The Bertz CT molecular complexity index is 543. The largest absolute Gasteiger partial charge is 0.448 e. The van der Waals surface area contributed by atoms with E-state index in [1.807, 2.05) is 0 Å². The molecule has 0 spiro atoms. The van der Waals surface area contributed by atoms with Gasteiger partial charge in [-0.3, -0.25) is 9.78 Å². The maximum absolute atomic E-state index is 11.9. The molecule has 6 nitrogen and oxygen atoms in total. The van der Waals surface area contributed by atoms with Crippen LogP contribution in [0.3, 0.4) is 0 Å². The zero-order valence-corrected chi connectivity index (χ0v) is 12.7. The van der Waals surface area contributed by atoms with Gasteiger partial charge < -0.3 is 10.1 Å². The molecule has 0 bridgehead atoms. The molecule has 1 aromatic rings. The van der Waals surface area contributed by atoms with Crippen molar-refractivity contribution in [3.05, 3.63) is 35.9 Å². The van der Waals surface area contributed by atoms with Crippen LogP contribution in [0.25, 0.3) is 0 Å². The van der Waals surface area contributed by atoms with Crippen LogP contribution in [0, 0.1) is 0 Å². The number of ether oxygens (including phenoxy) is 1. The number of carbonyl (C=O) groups excluding carboxylic acids is 2. The first-order valence-electron chi connectivity index (χ1n) is 7.59. The molecule has 22 heavy (non-hydrogen) atoms. The van der Waals surface area contributed by atoms with Gasteiger partial charge in [-0.05, 0) is 39.0 Å². The lowest BCUT2D eigenvalue weighted by Crippen LogP contribution is -2.36. The monoisotopic (exact) mass is 303 g/mol. The van der Waals surface area contributed by atoms with Crippen LogP contribution in [-0.2, 0) is 9.53 Å². The average molecular weight is 303 g/mol. The van der Waals surface area contributed by atoms with Crippen LogP contribution in [0.5, 0.6) is 0 Å². The van der Waals surface area contributed by atoms with Crippen LogP contribution >= 0.6 is 0 Å². The molecule has 1 heterocycles. The molecule has 0 radical (unpaired) electrons. The Morgan fingerprint density at radius 1 is 1.36 bits per heavy atom. The van der Waals surface area contributed by atoms with Crippen LogP contribution in [0.1, 0.15) is 49.5 Å². The average Bonchev–Trinajstić information content (AvgIpc) is 2.56. The fraction of sp³-hybridized carbons (Fsp3) is 0.500. The Morgan fingerprint density at radius 2 is 2.23 bits per heavy atom. The normalized spacial score (nSPS) is 15.6. The van der Waals surface area contributed by atoms with E-state index in [0.29, 0.717) is 6.54 Å². The summed E-state index contributed by atoms with van der Waals surface area (Å²) < 4.78 is 5.07. The number of amides is 1. The molecule has 0 saturated carbocycles. The Hall–Kier alpha value is -2.24. The maximum atomic E-state index is 11.9. The van der Waals surface area contributed by atoms with Crippen molar-refractivity contribution in [2.24, 2.45) is 0 Å². The summed E-state index contributed by atoms with van der Waals surface area (Å²) in [7, 11) is 0. The lowest BCUT2D eigenvalue weighted by Gasteiger charge is -2.15. The van der Waals surface area contributed by atoms with Gasteiger partial charge >= 0.3 is 5.97 Å². The van der Waals surface area contributed by atoms with E-state index in [9.17, 15) is 9.59 Å². The lowest BCUT2D eigenvalue weighted by molar-refractivity contribution is -0.129. The molecule has 118 valence electrons. The van der Waals surface area contributed by atoms with Crippen molar-refractivity contribution in [1.29, 1.82) is 0 Å². The summed E-state index contributed by atoms with van der Waals surface area (Å²) in [4.78, 5) is 31.3. The third-order valence-electron chi connectivity index (χ3n) is 3.56. The van der Waals surface area contributed by atoms with Crippen molar-refractivity contribution in [3.8, 4) is 0 Å². The summed E-state index contributed by atoms with van der Waals surface area (Å²) in [5.41, 5.74) is 1.49. The smallest absolute Gasteiger partial charge is 0.359 e. The number of esters is 1. The van der Waals surface area contributed by atoms with Crippen LogP contribution in [0.15, 0.2) is 30.2 Å². The van der Waals surface area contributed by atoms with Gasteiger partial charge in [-0.15, -0.1) is 0 Å². The van der Waals surface area contributed by atoms with Crippen molar-refractivity contribution < 1.29 is 14.3 Å². The highest BCUT2D eigenvalue weighted by Gasteiger charge is 2.19. The number of hydrogen-bond donors (Lipinski definition) is 1.